The first-order valence-electron chi connectivity index (χ1n) is 9.88. The number of hydrogen-bond acceptors (Lipinski definition) is 3. The Morgan fingerprint density at radius 2 is 1.89 bits per heavy atom. The monoisotopic (exact) mass is 569 g/mol. The Morgan fingerprint density at radius 3 is 2.61 bits per heavy atom. The molecule has 0 aliphatic carbocycles. The zero-order valence-corrected chi connectivity index (χ0v) is 20.9. The maximum absolute atomic E-state index is 13.8. The van der Waals surface area contributed by atoms with E-state index in [4.69, 9.17) is 0 Å². The van der Waals surface area contributed by atoms with E-state index in [1.165, 1.54) is 25.6 Å². The molecule has 1 fully saturated rings. The lowest BCUT2D eigenvalue weighted by atomic mass is 10.1. The topological polar surface area (TPSA) is 42.9 Å². The third-order valence-electron chi connectivity index (χ3n) is 4.91. The van der Waals surface area contributed by atoms with Crippen molar-refractivity contribution in [1.29, 1.82) is 0 Å². The van der Waals surface area contributed by atoms with Crippen LogP contribution in [0.15, 0.2) is 27.7 Å². The first kappa shape index (κ1) is 25.6. The Bertz CT molecular complexity index is 602. The molecule has 28 heavy (non-hydrogen) atoms. The highest BCUT2D eigenvalue weighted by Crippen LogP contribution is 2.16. The molecule has 2 N–H and O–H groups in total. The number of hydrogen-bond donors (Lipinski definition) is 2. The van der Waals surface area contributed by atoms with E-state index in [0.717, 1.165) is 61.6 Å². The van der Waals surface area contributed by atoms with Crippen molar-refractivity contribution in [1.82, 2.24) is 20.4 Å². The van der Waals surface area contributed by atoms with Crippen LogP contribution in [0.5, 0.6) is 0 Å². The highest BCUT2D eigenvalue weighted by Gasteiger charge is 2.11. The molecule has 2 rings (SSSR count). The van der Waals surface area contributed by atoms with E-state index in [1.54, 1.807) is 7.05 Å². The highest BCUT2D eigenvalue weighted by molar-refractivity contribution is 14.0. The van der Waals surface area contributed by atoms with Gasteiger partial charge in [0.05, 0.1) is 0 Å². The van der Waals surface area contributed by atoms with E-state index < -0.39 is 0 Å². The van der Waals surface area contributed by atoms with Crippen LogP contribution >= 0.6 is 39.9 Å². The van der Waals surface area contributed by atoms with Gasteiger partial charge in [-0.1, -0.05) is 22.0 Å². The molecular weight excluding hydrogens is 536 g/mol. The first-order chi connectivity index (χ1) is 13.1. The number of guanidine groups is 1. The van der Waals surface area contributed by atoms with Gasteiger partial charge in [-0.3, -0.25) is 4.99 Å². The molecule has 1 aliphatic rings. The third kappa shape index (κ3) is 9.84. The summed E-state index contributed by atoms with van der Waals surface area (Å²) in [6.45, 7) is 7.53. The average molecular weight is 570 g/mol. The van der Waals surface area contributed by atoms with E-state index in [0.29, 0.717) is 6.42 Å². The molecule has 0 unspecified atom stereocenters. The zero-order valence-electron chi connectivity index (χ0n) is 17.0. The molecular formula is C20H34BrFIN5. The minimum Gasteiger partial charge on any atom is -0.356 e. The van der Waals surface area contributed by atoms with Crippen LogP contribution in [-0.4, -0.2) is 75.7 Å². The van der Waals surface area contributed by atoms with E-state index in [2.05, 4.69) is 48.4 Å². The van der Waals surface area contributed by atoms with Crippen molar-refractivity contribution in [3.63, 3.8) is 0 Å². The Balaban J connectivity index is 0.00000392. The van der Waals surface area contributed by atoms with Crippen LogP contribution in [0.1, 0.15) is 24.8 Å². The fourth-order valence-corrected chi connectivity index (χ4v) is 3.60. The second-order valence-corrected chi connectivity index (χ2v) is 8.03. The molecule has 0 spiro atoms. The van der Waals surface area contributed by atoms with E-state index in [1.807, 2.05) is 12.1 Å². The number of benzene rings is 1. The van der Waals surface area contributed by atoms with E-state index in [9.17, 15) is 4.39 Å². The van der Waals surface area contributed by atoms with E-state index in [-0.39, 0.29) is 29.8 Å². The Hall–Kier alpha value is -0.450. The second kappa shape index (κ2) is 14.5. The van der Waals surface area contributed by atoms with E-state index >= 15 is 0 Å². The van der Waals surface area contributed by atoms with Crippen molar-refractivity contribution in [2.75, 3.05) is 59.9 Å². The summed E-state index contributed by atoms with van der Waals surface area (Å²) >= 11 is 3.29. The molecule has 1 aromatic rings. The van der Waals surface area contributed by atoms with Gasteiger partial charge in [-0.2, -0.15) is 0 Å². The molecule has 0 radical (unpaired) electrons. The van der Waals surface area contributed by atoms with Crippen LogP contribution < -0.4 is 10.6 Å². The van der Waals surface area contributed by atoms with Crippen LogP contribution in [0.25, 0.3) is 0 Å². The minimum absolute atomic E-state index is 0. The van der Waals surface area contributed by atoms with Crippen molar-refractivity contribution in [2.24, 2.45) is 4.99 Å². The van der Waals surface area contributed by atoms with Crippen LogP contribution in [0.2, 0.25) is 0 Å². The van der Waals surface area contributed by atoms with Gasteiger partial charge in [0.1, 0.15) is 5.82 Å². The molecule has 5 nitrogen and oxygen atoms in total. The van der Waals surface area contributed by atoms with Crippen molar-refractivity contribution in [3.8, 4) is 0 Å². The number of likely N-dealkylation sites (N-methyl/N-ethyl adjacent to an activating group) is 1. The predicted octanol–water partition coefficient (Wildman–Crippen LogP) is 3.33. The number of aliphatic imine (C=N–C) groups is 1. The number of nitrogens with one attached hydrogen (secondary N) is 2. The van der Waals surface area contributed by atoms with Gasteiger partial charge in [-0.05, 0) is 70.1 Å². The third-order valence-corrected chi connectivity index (χ3v) is 5.40. The summed E-state index contributed by atoms with van der Waals surface area (Å²) in [6.07, 6.45) is 3.94. The molecule has 1 aromatic carbocycles. The first-order valence-corrected chi connectivity index (χ1v) is 10.7. The molecule has 0 saturated carbocycles. The molecule has 1 aliphatic heterocycles. The average Bonchev–Trinajstić information content (AvgIpc) is 2.86. The SMILES string of the molecule is CN=C(NCCCc1ccc(Br)cc1F)NCCCN1CCCN(C)CC1.I. The Kier molecular flexibility index (Phi) is 13.3. The smallest absolute Gasteiger partial charge is 0.190 e. The summed E-state index contributed by atoms with van der Waals surface area (Å²) in [7, 11) is 3.99. The predicted molar refractivity (Wildman–Crippen MR) is 130 cm³/mol. The molecule has 8 heteroatoms. The molecule has 0 aromatic heterocycles. The fourth-order valence-electron chi connectivity index (χ4n) is 3.26. The number of halogens is 3. The second-order valence-electron chi connectivity index (χ2n) is 7.12. The van der Waals surface area contributed by atoms with Gasteiger partial charge in [-0.25, -0.2) is 4.39 Å². The molecule has 0 amide bonds. The largest absolute Gasteiger partial charge is 0.356 e. The lowest BCUT2D eigenvalue weighted by molar-refractivity contribution is 0.274. The summed E-state index contributed by atoms with van der Waals surface area (Å²) in [4.78, 5) is 9.22. The molecule has 0 bridgehead atoms. The van der Waals surface area contributed by atoms with Gasteiger partial charge in [0.15, 0.2) is 5.96 Å². The number of aryl methyl sites for hydroxylation is 1. The van der Waals surface area contributed by atoms with Crippen LogP contribution in [0.3, 0.4) is 0 Å². The van der Waals surface area contributed by atoms with Crippen LogP contribution in [0, 0.1) is 5.82 Å². The molecule has 0 atom stereocenters. The van der Waals surface area contributed by atoms with Gasteiger partial charge in [0, 0.05) is 37.7 Å². The zero-order chi connectivity index (χ0) is 19.5. The van der Waals surface area contributed by atoms with Gasteiger partial charge in [-0.15, -0.1) is 24.0 Å². The number of nitrogens with zero attached hydrogens (tertiary/aromatic N) is 3. The van der Waals surface area contributed by atoms with Gasteiger partial charge in [0.25, 0.3) is 0 Å². The lowest BCUT2D eigenvalue weighted by Gasteiger charge is -2.20. The van der Waals surface area contributed by atoms with Gasteiger partial charge in [0.2, 0.25) is 0 Å². The lowest BCUT2D eigenvalue weighted by Crippen LogP contribution is -2.39. The maximum Gasteiger partial charge on any atom is 0.190 e. The Morgan fingerprint density at radius 1 is 1.14 bits per heavy atom. The van der Waals surface area contributed by atoms with Crippen molar-refractivity contribution in [2.45, 2.75) is 25.7 Å². The van der Waals surface area contributed by atoms with Crippen molar-refractivity contribution < 1.29 is 4.39 Å². The molecule has 160 valence electrons. The summed E-state index contributed by atoms with van der Waals surface area (Å²) in [5.74, 6) is 0.675. The fraction of sp³-hybridized carbons (Fsp3) is 0.650. The maximum atomic E-state index is 13.8. The normalized spacial score (nSPS) is 16.4. The van der Waals surface area contributed by atoms with Crippen molar-refractivity contribution in [3.05, 3.63) is 34.1 Å². The Labute approximate surface area is 194 Å². The van der Waals surface area contributed by atoms with Crippen LogP contribution in [-0.2, 0) is 6.42 Å². The summed E-state index contributed by atoms with van der Waals surface area (Å²) in [6, 6.07) is 5.24. The molecule has 1 saturated heterocycles. The summed E-state index contributed by atoms with van der Waals surface area (Å²) in [5, 5.41) is 6.68. The minimum atomic E-state index is -0.147. The summed E-state index contributed by atoms with van der Waals surface area (Å²) < 4.78 is 14.6. The molecule has 1 heterocycles. The standard InChI is InChI=1S/C20H33BrFN5.HI/c1-23-20(24-9-3-6-17-7-8-18(21)16-19(17)22)25-10-4-12-27-13-5-11-26(2)14-15-27;/h7-8,16H,3-6,9-15H2,1-2H3,(H2,23,24,25);1H. The summed E-state index contributed by atoms with van der Waals surface area (Å²) in [5.41, 5.74) is 0.756. The van der Waals surface area contributed by atoms with Crippen molar-refractivity contribution >= 4 is 45.9 Å². The van der Waals surface area contributed by atoms with Crippen LogP contribution in [0.4, 0.5) is 4.39 Å². The quantitative estimate of drug-likeness (QED) is 0.218. The number of rotatable bonds is 8. The highest BCUT2D eigenvalue weighted by atomic mass is 127. The van der Waals surface area contributed by atoms with Gasteiger partial charge >= 0.3 is 0 Å². The van der Waals surface area contributed by atoms with Gasteiger partial charge < -0.3 is 20.4 Å².